The molecule has 0 aromatic carbocycles. The minimum atomic E-state index is 0.0207. The first-order valence-corrected chi connectivity index (χ1v) is 12.7. The van der Waals surface area contributed by atoms with E-state index in [0.717, 1.165) is 28.3 Å². The molecule has 10 heteroatoms. The quantitative estimate of drug-likeness (QED) is 0.187. The Bertz CT molecular complexity index is 1580. The number of carbonyl (C=O) groups is 1. The molecule has 0 atom stereocenters. The molecule has 1 saturated carbocycles. The van der Waals surface area contributed by atoms with Crippen LogP contribution in [0.15, 0.2) is 55.5 Å². The zero-order valence-electron chi connectivity index (χ0n) is 20.5. The predicted octanol–water partition coefficient (Wildman–Crippen LogP) is 4.60. The van der Waals surface area contributed by atoms with Crippen LogP contribution in [0.5, 0.6) is 5.75 Å². The number of Topliss-reactive ketones (excluding diaryl/α,β-unsaturated/α-hetero) is 1. The standard InChI is InChI=1S/C27H27ClN6O3/c1-36-8-9-37-26-10-19(18-2-3-18)13-33-15-22(31-27(26)33)16-34-14-20(12-30-34)25(35)5-4-23-24-11-21(28)6-7-32(24)17-29-23/h6-7,10-15,17-18H,2-5,8-9,16H2,1H3. The first-order chi connectivity index (χ1) is 18.1. The first-order valence-electron chi connectivity index (χ1n) is 12.4. The molecule has 0 spiro atoms. The Morgan fingerprint density at radius 1 is 1.16 bits per heavy atom. The molecule has 5 aromatic rings. The van der Waals surface area contributed by atoms with E-state index in [0.29, 0.717) is 49.1 Å². The molecular formula is C27H27ClN6O3. The third kappa shape index (κ3) is 5.10. The van der Waals surface area contributed by atoms with Crippen molar-refractivity contribution >= 4 is 28.5 Å². The molecule has 0 saturated heterocycles. The summed E-state index contributed by atoms with van der Waals surface area (Å²) in [6.07, 6.45) is 14.4. The highest BCUT2D eigenvalue weighted by atomic mass is 35.5. The average Bonchev–Trinajstić information content (AvgIpc) is 3.30. The molecule has 190 valence electrons. The number of ketones is 1. The third-order valence-electron chi connectivity index (χ3n) is 6.63. The number of halogens is 1. The highest BCUT2D eigenvalue weighted by molar-refractivity contribution is 6.30. The van der Waals surface area contributed by atoms with Crippen LogP contribution in [0, 0.1) is 0 Å². The summed E-state index contributed by atoms with van der Waals surface area (Å²) in [5.41, 5.74) is 5.22. The molecule has 1 fully saturated rings. The molecule has 0 N–H and O–H groups in total. The van der Waals surface area contributed by atoms with Crippen LogP contribution in [0.1, 0.15) is 52.5 Å². The Hall–Kier alpha value is -3.69. The van der Waals surface area contributed by atoms with Crippen LogP contribution in [-0.4, -0.2) is 54.7 Å². The van der Waals surface area contributed by atoms with Crippen LogP contribution < -0.4 is 4.74 Å². The second-order valence-electron chi connectivity index (χ2n) is 9.39. The SMILES string of the molecule is COCCOc1cc(C2CC2)cn2cc(Cn3cc(C(=O)CCc4ncn5ccc(Cl)cc45)cn3)nc12. The number of aryl methyl sites for hydroxylation is 1. The number of hydrogen-bond donors (Lipinski definition) is 0. The van der Waals surface area contributed by atoms with Crippen LogP contribution in [0.4, 0.5) is 0 Å². The van der Waals surface area contributed by atoms with E-state index in [2.05, 4.69) is 22.3 Å². The summed E-state index contributed by atoms with van der Waals surface area (Å²) in [7, 11) is 1.66. The monoisotopic (exact) mass is 518 g/mol. The molecule has 0 bridgehead atoms. The van der Waals surface area contributed by atoms with Gasteiger partial charge in [-0.15, -0.1) is 0 Å². The molecule has 6 rings (SSSR count). The van der Waals surface area contributed by atoms with Crippen LogP contribution in [0.2, 0.25) is 5.02 Å². The number of ether oxygens (including phenoxy) is 2. The van der Waals surface area contributed by atoms with E-state index in [4.69, 9.17) is 26.1 Å². The van der Waals surface area contributed by atoms with Crippen molar-refractivity contribution in [2.45, 2.75) is 38.1 Å². The van der Waals surface area contributed by atoms with Crippen molar-refractivity contribution in [3.05, 3.63) is 83.0 Å². The fourth-order valence-electron chi connectivity index (χ4n) is 4.54. The number of pyridine rings is 2. The van der Waals surface area contributed by atoms with Gasteiger partial charge in [0.05, 0.1) is 48.1 Å². The van der Waals surface area contributed by atoms with Crippen molar-refractivity contribution in [1.82, 2.24) is 28.5 Å². The van der Waals surface area contributed by atoms with Crippen molar-refractivity contribution in [3.63, 3.8) is 0 Å². The highest BCUT2D eigenvalue weighted by Gasteiger charge is 2.25. The average molecular weight is 519 g/mol. The largest absolute Gasteiger partial charge is 0.487 e. The van der Waals surface area contributed by atoms with Crippen LogP contribution in [0.25, 0.3) is 11.2 Å². The van der Waals surface area contributed by atoms with E-state index >= 15 is 0 Å². The second kappa shape index (κ2) is 9.99. The van der Waals surface area contributed by atoms with Gasteiger partial charge in [-0.1, -0.05) is 11.6 Å². The van der Waals surface area contributed by atoms with Gasteiger partial charge in [0.2, 0.25) is 0 Å². The van der Waals surface area contributed by atoms with E-state index in [1.807, 2.05) is 33.3 Å². The minimum Gasteiger partial charge on any atom is -0.487 e. The topological polar surface area (TPSA) is 88.0 Å². The minimum absolute atomic E-state index is 0.0207. The van der Waals surface area contributed by atoms with E-state index in [-0.39, 0.29) is 5.78 Å². The molecule has 5 aromatic heterocycles. The summed E-state index contributed by atoms with van der Waals surface area (Å²) in [5.74, 6) is 1.38. The lowest BCUT2D eigenvalue weighted by atomic mass is 10.1. The number of aromatic nitrogens is 6. The number of fused-ring (bicyclic) bond motifs is 2. The van der Waals surface area contributed by atoms with E-state index in [1.54, 1.807) is 30.5 Å². The number of imidazole rings is 2. The summed E-state index contributed by atoms with van der Waals surface area (Å²) in [5, 5.41) is 5.05. The van der Waals surface area contributed by atoms with Gasteiger partial charge in [-0.25, -0.2) is 9.97 Å². The van der Waals surface area contributed by atoms with Crippen molar-refractivity contribution in [2.24, 2.45) is 0 Å². The summed E-state index contributed by atoms with van der Waals surface area (Å²) in [6.45, 7) is 1.44. The first kappa shape index (κ1) is 23.7. The molecule has 1 aliphatic rings. The maximum Gasteiger partial charge on any atom is 0.180 e. The number of carbonyl (C=O) groups excluding carboxylic acids is 1. The van der Waals surface area contributed by atoms with E-state index in [9.17, 15) is 4.79 Å². The van der Waals surface area contributed by atoms with Crippen molar-refractivity contribution in [3.8, 4) is 5.75 Å². The Morgan fingerprint density at radius 2 is 2.05 bits per heavy atom. The maximum absolute atomic E-state index is 12.9. The van der Waals surface area contributed by atoms with Gasteiger partial charge >= 0.3 is 0 Å². The van der Waals surface area contributed by atoms with Gasteiger partial charge in [0.25, 0.3) is 0 Å². The van der Waals surface area contributed by atoms with Crippen LogP contribution in [0.3, 0.4) is 0 Å². The zero-order chi connectivity index (χ0) is 25.4. The van der Waals surface area contributed by atoms with Crippen LogP contribution >= 0.6 is 11.6 Å². The number of hydrogen-bond acceptors (Lipinski definition) is 6. The van der Waals surface area contributed by atoms with Crippen molar-refractivity contribution in [2.75, 3.05) is 20.3 Å². The lowest BCUT2D eigenvalue weighted by molar-refractivity contribution is 0.0982. The second-order valence-corrected chi connectivity index (χ2v) is 9.83. The van der Waals surface area contributed by atoms with Gasteiger partial charge < -0.3 is 18.3 Å². The summed E-state index contributed by atoms with van der Waals surface area (Å²) in [6, 6.07) is 5.77. The van der Waals surface area contributed by atoms with Crippen molar-refractivity contribution in [1.29, 1.82) is 0 Å². The molecular weight excluding hydrogens is 492 g/mol. The fourth-order valence-corrected chi connectivity index (χ4v) is 4.70. The Morgan fingerprint density at radius 3 is 2.89 bits per heavy atom. The third-order valence-corrected chi connectivity index (χ3v) is 6.87. The zero-order valence-corrected chi connectivity index (χ0v) is 21.3. The smallest absolute Gasteiger partial charge is 0.180 e. The lowest BCUT2D eigenvalue weighted by Gasteiger charge is -2.09. The normalized spacial score (nSPS) is 13.6. The Balaban J connectivity index is 1.15. The van der Waals surface area contributed by atoms with Crippen molar-refractivity contribution < 1.29 is 14.3 Å². The predicted molar refractivity (Wildman–Crippen MR) is 139 cm³/mol. The maximum atomic E-state index is 12.9. The number of rotatable bonds is 11. The lowest BCUT2D eigenvalue weighted by Crippen LogP contribution is -2.06. The number of nitrogens with zero attached hydrogens (tertiary/aromatic N) is 6. The van der Waals surface area contributed by atoms with Gasteiger partial charge in [0.1, 0.15) is 6.61 Å². The van der Waals surface area contributed by atoms with Gasteiger partial charge in [0, 0.05) is 43.3 Å². The Labute approximate surface area is 218 Å². The van der Waals surface area contributed by atoms with E-state index in [1.165, 1.54) is 18.4 Å². The molecule has 5 heterocycles. The summed E-state index contributed by atoms with van der Waals surface area (Å²) < 4.78 is 16.8. The molecule has 1 aliphatic carbocycles. The fraction of sp³-hybridized carbons (Fsp3) is 0.333. The molecule has 0 amide bonds. The van der Waals surface area contributed by atoms with Gasteiger partial charge in [0.15, 0.2) is 17.2 Å². The van der Waals surface area contributed by atoms with Gasteiger partial charge in [-0.3, -0.25) is 9.48 Å². The number of methoxy groups -OCH3 is 1. The van der Waals surface area contributed by atoms with Gasteiger partial charge in [-0.2, -0.15) is 5.10 Å². The molecule has 0 radical (unpaired) electrons. The van der Waals surface area contributed by atoms with E-state index < -0.39 is 0 Å². The molecule has 0 unspecified atom stereocenters. The highest BCUT2D eigenvalue weighted by Crippen LogP contribution is 2.41. The molecule has 9 nitrogen and oxygen atoms in total. The van der Waals surface area contributed by atoms with Crippen LogP contribution in [-0.2, 0) is 17.7 Å². The summed E-state index contributed by atoms with van der Waals surface area (Å²) >= 11 is 6.12. The molecule has 0 aliphatic heterocycles. The summed E-state index contributed by atoms with van der Waals surface area (Å²) in [4.78, 5) is 22.1. The van der Waals surface area contributed by atoms with Gasteiger partial charge in [-0.05, 0) is 48.9 Å². The molecule has 37 heavy (non-hydrogen) atoms. The Kier molecular flexibility index (Phi) is 6.40.